The largest absolute Gasteiger partial charge is 0.508 e. The van der Waals surface area contributed by atoms with Crippen LogP contribution in [0.25, 0.3) is 11.3 Å². The fourth-order valence-corrected chi connectivity index (χ4v) is 2.34. The first kappa shape index (κ1) is 17.3. The first-order valence-electron chi connectivity index (χ1n) is 8.09. The van der Waals surface area contributed by atoms with Gasteiger partial charge in [-0.1, -0.05) is 6.92 Å². The van der Waals surface area contributed by atoms with E-state index in [2.05, 4.69) is 10.2 Å². The molecular weight excluding hydrogens is 336 g/mol. The maximum atomic E-state index is 11.8. The standard InChI is InChI=1S/C19H18N2O5/c1-2-9-25-19(24)12-3-6-14(7-4-12)26-17-11-20-21-18(17)15-8-5-13(22)10-16(15)23/h3-8,10-11,22-23H,2,9H2,1H3,(H,20,21). The lowest BCUT2D eigenvalue weighted by Gasteiger charge is -2.09. The van der Waals surface area contributed by atoms with E-state index in [9.17, 15) is 15.0 Å². The molecule has 2 aromatic carbocycles. The zero-order chi connectivity index (χ0) is 18.5. The predicted molar refractivity (Wildman–Crippen MR) is 94.4 cm³/mol. The number of hydrogen-bond acceptors (Lipinski definition) is 6. The SMILES string of the molecule is CCCOC(=O)c1ccc(Oc2cn[nH]c2-c2ccc(O)cc2O)cc1. The molecule has 0 aliphatic rings. The molecule has 7 heteroatoms. The van der Waals surface area contributed by atoms with Gasteiger partial charge in [-0.15, -0.1) is 0 Å². The summed E-state index contributed by atoms with van der Waals surface area (Å²) in [6.07, 6.45) is 2.24. The lowest BCUT2D eigenvalue weighted by Crippen LogP contribution is -2.05. The normalized spacial score (nSPS) is 10.5. The summed E-state index contributed by atoms with van der Waals surface area (Å²) in [5, 5.41) is 26.1. The number of nitrogens with one attached hydrogen (secondary N) is 1. The molecule has 0 fully saturated rings. The number of H-pyrrole nitrogens is 1. The molecule has 3 rings (SSSR count). The third-order valence-electron chi connectivity index (χ3n) is 3.61. The molecular formula is C19H18N2O5. The molecule has 3 aromatic rings. The Bertz CT molecular complexity index is 903. The molecule has 0 unspecified atom stereocenters. The Kier molecular flexibility index (Phi) is 5.07. The summed E-state index contributed by atoms with van der Waals surface area (Å²) in [6.45, 7) is 2.31. The average Bonchev–Trinajstić information content (AvgIpc) is 3.08. The second-order valence-corrected chi connectivity index (χ2v) is 5.57. The summed E-state index contributed by atoms with van der Waals surface area (Å²) in [5.74, 6) is 0.369. The van der Waals surface area contributed by atoms with E-state index in [1.807, 2.05) is 6.92 Å². The number of benzene rings is 2. The molecule has 0 saturated carbocycles. The van der Waals surface area contributed by atoms with Gasteiger partial charge < -0.3 is 19.7 Å². The maximum Gasteiger partial charge on any atom is 0.338 e. The van der Waals surface area contributed by atoms with E-state index in [1.54, 1.807) is 30.3 Å². The van der Waals surface area contributed by atoms with Crippen molar-refractivity contribution >= 4 is 5.97 Å². The first-order chi connectivity index (χ1) is 12.6. The van der Waals surface area contributed by atoms with Crippen LogP contribution in [0, 0.1) is 0 Å². The van der Waals surface area contributed by atoms with Crippen LogP contribution in [0.5, 0.6) is 23.0 Å². The zero-order valence-corrected chi connectivity index (χ0v) is 14.1. The van der Waals surface area contributed by atoms with Crippen LogP contribution in [0.1, 0.15) is 23.7 Å². The van der Waals surface area contributed by atoms with Crippen molar-refractivity contribution < 1.29 is 24.5 Å². The van der Waals surface area contributed by atoms with E-state index in [0.29, 0.717) is 34.9 Å². The minimum absolute atomic E-state index is 0.0428. The number of aromatic amines is 1. The van der Waals surface area contributed by atoms with E-state index >= 15 is 0 Å². The summed E-state index contributed by atoms with van der Waals surface area (Å²) in [7, 11) is 0. The van der Waals surface area contributed by atoms with Gasteiger partial charge in [-0.3, -0.25) is 5.10 Å². The number of nitrogens with zero attached hydrogens (tertiary/aromatic N) is 1. The van der Waals surface area contributed by atoms with Gasteiger partial charge in [0.25, 0.3) is 0 Å². The van der Waals surface area contributed by atoms with Crippen LogP contribution in [-0.2, 0) is 4.74 Å². The van der Waals surface area contributed by atoms with E-state index in [4.69, 9.17) is 9.47 Å². The van der Waals surface area contributed by atoms with E-state index < -0.39 is 0 Å². The van der Waals surface area contributed by atoms with E-state index in [1.165, 1.54) is 18.3 Å². The van der Waals surface area contributed by atoms with Crippen molar-refractivity contribution in [2.75, 3.05) is 6.61 Å². The molecule has 26 heavy (non-hydrogen) atoms. The molecule has 3 N–H and O–H groups in total. The van der Waals surface area contributed by atoms with Crippen LogP contribution in [-0.4, -0.2) is 33.0 Å². The van der Waals surface area contributed by atoms with Gasteiger partial charge in [-0.05, 0) is 42.8 Å². The summed E-state index contributed by atoms with van der Waals surface area (Å²) in [6, 6.07) is 10.8. The van der Waals surface area contributed by atoms with Crippen LogP contribution in [0.15, 0.2) is 48.7 Å². The maximum absolute atomic E-state index is 11.8. The monoisotopic (exact) mass is 354 g/mol. The van der Waals surface area contributed by atoms with Crippen molar-refractivity contribution in [3.05, 3.63) is 54.2 Å². The number of phenols is 2. The van der Waals surface area contributed by atoms with Gasteiger partial charge in [0.05, 0.1) is 18.4 Å². The Labute approximate surface area is 149 Å². The van der Waals surface area contributed by atoms with Crippen LogP contribution in [0.2, 0.25) is 0 Å². The minimum atomic E-state index is -0.378. The van der Waals surface area contributed by atoms with Gasteiger partial charge >= 0.3 is 5.97 Å². The number of phenolic OH excluding ortho intramolecular Hbond substituents is 2. The smallest absolute Gasteiger partial charge is 0.338 e. The zero-order valence-electron chi connectivity index (χ0n) is 14.1. The van der Waals surface area contributed by atoms with Gasteiger partial charge in [0.1, 0.15) is 22.9 Å². The van der Waals surface area contributed by atoms with Crippen LogP contribution in [0.4, 0.5) is 0 Å². The summed E-state index contributed by atoms with van der Waals surface area (Å²) in [4.78, 5) is 11.8. The number of hydrogen-bond donors (Lipinski definition) is 3. The van der Waals surface area contributed by atoms with Crippen LogP contribution < -0.4 is 4.74 Å². The predicted octanol–water partition coefficient (Wildman–Crippen LogP) is 3.85. The quantitative estimate of drug-likeness (QED) is 0.581. The van der Waals surface area contributed by atoms with Crippen LogP contribution >= 0.6 is 0 Å². The molecule has 0 saturated heterocycles. The number of carbonyl (C=O) groups excluding carboxylic acids is 1. The van der Waals surface area contributed by atoms with Crippen molar-refractivity contribution in [2.45, 2.75) is 13.3 Å². The first-order valence-corrected chi connectivity index (χ1v) is 8.09. The minimum Gasteiger partial charge on any atom is -0.508 e. The number of esters is 1. The number of aromatic nitrogens is 2. The fourth-order valence-electron chi connectivity index (χ4n) is 2.34. The fraction of sp³-hybridized carbons (Fsp3) is 0.158. The third kappa shape index (κ3) is 3.77. The molecule has 1 heterocycles. The number of aromatic hydroxyl groups is 2. The highest BCUT2D eigenvalue weighted by atomic mass is 16.5. The van der Waals surface area contributed by atoms with Crippen molar-refractivity contribution in [1.82, 2.24) is 10.2 Å². The lowest BCUT2D eigenvalue weighted by molar-refractivity contribution is 0.0505. The lowest BCUT2D eigenvalue weighted by atomic mass is 10.1. The highest BCUT2D eigenvalue weighted by Crippen LogP contribution is 2.37. The average molecular weight is 354 g/mol. The van der Waals surface area contributed by atoms with Crippen molar-refractivity contribution in [1.29, 1.82) is 0 Å². The molecule has 0 bridgehead atoms. The molecule has 0 radical (unpaired) electrons. The summed E-state index contributed by atoms with van der Waals surface area (Å²) in [5.41, 5.74) is 1.35. The summed E-state index contributed by atoms with van der Waals surface area (Å²) >= 11 is 0. The number of rotatable bonds is 6. The van der Waals surface area contributed by atoms with E-state index in [-0.39, 0.29) is 17.5 Å². The third-order valence-corrected chi connectivity index (χ3v) is 3.61. The van der Waals surface area contributed by atoms with Crippen molar-refractivity contribution in [3.63, 3.8) is 0 Å². The Morgan fingerprint density at radius 1 is 1.15 bits per heavy atom. The molecule has 0 amide bonds. The topological polar surface area (TPSA) is 105 Å². The van der Waals surface area contributed by atoms with Gasteiger partial charge in [0, 0.05) is 11.6 Å². The van der Waals surface area contributed by atoms with Crippen molar-refractivity contribution in [3.8, 4) is 34.3 Å². The van der Waals surface area contributed by atoms with Crippen molar-refractivity contribution in [2.24, 2.45) is 0 Å². The second-order valence-electron chi connectivity index (χ2n) is 5.57. The molecule has 0 spiro atoms. The Hall–Kier alpha value is -3.48. The number of ether oxygens (including phenoxy) is 2. The molecule has 0 aliphatic heterocycles. The highest BCUT2D eigenvalue weighted by Gasteiger charge is 2.15. The Morgan fingerprint density at radius 2 is 1.92 bits per heavy atom. The van der Waals surface area contributed by atoms with Gasteiger partial charge in [-0.25, -0.2) is 4.79 Å². The molecule has 0 aliphatic carbocycles. The Balaban J connectivity index is 1.78. The molecule has 134 valence electrons. The van der Waals surface area contributed by atoms with E-state index in [0.717, 1.165) is 6.42 Å². The second kappa shape index (κ2) is 7.60. The van der Waals surface area contributed by atoms with Crippen LogP contribution in [0.3, 0.4) is 0 Å². The highest BCUT2D eigenvalue weighted by molar-refractivity contribution is 5.89. The molecule has 0 atom stereocenters. The Morgan fingerprint density at radius 3 is 2.62 bits per heavy atom. The van der Waals surface area contributed by atoms with Gasteiger partial charge in [-0.2, -0.15) is 5.10 Å². The summed E-state index contributed by atoms with van der Waals surface area (Å²) < 4.78 is 10.9. The molecule has 1 aromatic heterocycles. The molecule has 7 nitrogen and oxygen atoms in total. The van der Waals surface area contributed by atoms with Gasteiger partial charge in [0.2, 0.25) is 0 Å². The number of carbonyl (C=O) groups is 1. The van der Waals surface area contributed by atoms with Gasteiger partial charge in [0.15, 0.2) is 5.75 Å².